The van der Waals surface area contributed by atoms with Crippen LogP contribution in [-0.4, -0.2) is 32.8 Å². The highest BCUT2D eigenvalue weighted by Gasteiger charge is 2.26. The predicted molar refractivity (Wildman–Crippen MR) is 157 cm³/mol. The molecule has 0 aliphatic rings. The van der Waals surface area contributed by atoms with Gasteiger partial charge in [0.05, 0.1) is 11.1 Å². The molecule has 0 saturated carbocycles. The molecular weight excluding hydrogens is 604 g/mol. The summed E-state index contributed by atoms with van der Waals surface area (Å²) in [7, 11) is 0. The Morgan fingerprint density at radius 2 is 1.79 bits per heavy atom. The Morgan fingerprint density at radius 3 is 2.46 bits per heavy atom. The van der Waals surface area contributed by atoms with Gasteiger partial charge < -0.3 is 9.47 Å². The van der Waals surface area contributed by atoms with Crippen molar-refractivity contribution in [2.75, 3.05) is 13.2 Å². The van der Waals surface area contributed by atoms with Crippen molar-refractivity contribution in [3.63, 3.8) is 0 Å². The smallest absolute Gasteiger partial charge is 0.220 e. The van der Waals surface area contributed by atoms with Gasteiger partial charge in [-0.15, -0.1) is 10.2 Å². The zero-order valence-electron chi connectivity index (χ0n) is 22.0. The van der Waals surface area contributed by atoms with Crippen molar-refractivity contribution in [2.24, 2.45) is 0 Å². The minimum atomic E-state index is -0.560. The van der Waals surface area contributed by atoms with Gasteiger partial charge in [0.25, 0.3) is 0 Å². The topological polar surface area (TPSA) is 92.3 Å². The first-order valence-corrected chi connectivity index (χ1v) is 14.3. The third-order valence-electron chi connectivity index (χ3n) is 6.11. The lowest BCUT2D eigenvalue weighted by molar-refractivity contribution is -0.479. The van der Waals surface area contributed by atoms with Crippen LogP contribution in [0.3, 0.4) is 0 Å². The van der Waals surface area contributed by atoms with E-state index in [0.717, 1.165) is 16.8 Å². The van der Waals surface area contributed by atoms with Gasteiger partial charge in [-0.25, -0.2) is 0 Å². The van der Waals surface area contributed by atoms with E-state index in [4.69, 9.17) is 21.1 Å². The van der Waals surface area contributed by atoms with E-state index >= 15 is 0 Å². The minimum absolute atomic E-state index is 0.306. The predicted octanol–water partition coefficient (Wildman–Crippen LogP) is 7.70. The molecule has 4 rings (SSSR count). The van der Waals surface area contributed by atoms with Crippen LogP contribution in [0.2, 0.25) is 5.02 Å². The average Bonchev–Trinajstić information content (AvgIpc) is 3.25. The third-order valence-corrected chi connectivity index (χ3v) is 8.13. The Kier molecular flexibility index (Phi) is 9.53. The highest BCUT2D eigenvalue weighted by molar-refractivity contribution is 9.10. The number of halogens is 2. The van der Waals surface area contributed by atoms with Crippen LogP contribution in [0.4, 0.5) is 0 Å². The lowest BCUT2D eigenvalue weighted by Crippen LogP contribution is -2.12. The average molecular weight is 632 g/mol. The summed E-state index contributed by atoms with van der Waals surface area (Å²) in [5, 5.41) is 21.0. The number of hydrogen-bond acceptors (Lipinski definition) is 7. The molecule has 3 aromatic carbocycles. The molecular formula is C28H28BrClN4O4S. The van der Waals surface area contributed by atoms with E-state index in [9.17, 15) is 10.1 Å². The van der Waals surface area contributed by atoms with Crippen molar-refractivity contribution in [2.45, 2.75) is 44.7 Å². The molecule has 204 valence electrons. The standard InChI is InChI=1S/C28H28BrClN4O4S/c1-5-37-25-14-21(13-24(29)27(25)38-16-20-7-9-22(30)10-8-20)26(15-33(35)36)39-28-32-31-19(4)34(28)23-11-6-17(2)18(3)12-23/h6-14,26H,5,15-16H2,1-4H3/t26-/m0/s1. The maximum Gasteiger partial charge on any atom is 0.220 e. The van der Waals surface area contributed by atoms with Gasteiger partial charge in [0.15, 0.2) is 16.7 Å². The molecule has 0 bridgehead atoms. The van der Waals surface area contributed by atoms with Crippen molar-refractivity contribution in [1.29, 1.82) is 0 Å². The van der Waals surface area contributed by atoms with E-state index in [-0.39, 0.29) is 11.5 Å². The quantitative estimate of drug-likeness (QED) is 0.0952. The second kappa shape index (κ2) is 12.8. The number of nitrogens with zero attached hydrogens (tertiary/aromatic N) is 4. The van der Waals surface area contributed by atoms with Gasteiger partial charge in [0, 0.05) is 15.6 Å². The summed E-state index contributed by atoms with van der Waals surface area (Å²) >= 11 is 10.9. The van der Waals surface area contributed by atoms with Crippen molar-refractivity contribution in [3.05, 3.63) is 102 Å². The minimum Gasteiger partial charge on any atom is -0.490 e. The molecule has 39 heavy (non-hydrogen) atoms. The Balaban J connectivity index is 1.67. The second-order valence-electron chi connectivity index (χ2n) is 8.93. The molecule has 0 aliphatic heterocycles. The molecule has 0 spiro atoms. The van der Waals surface area contributed by atoms with Crippen LogP contribution in [-0.2, 0) is 6.61 Å². The number of aromatic nitrogens is 3. The first-order valence-electron chi connectivity index (χ1n) is 12.3. The number of benzene rings is 3. The monoisotopic (exact) mass is 630 g/mol. The molecule has 1 heterocycles. The van der Waals surface area contributed by atoms with Gasteiger partial charge in [-0.2, -0.15) is 0 Å². The van der Waals surface area contributed by atoms with Gasteiger partial charge in [-0.1, -0.05) is 41.6 Å². The Hall–Kier alpha value is -3.08. The van der Waals surface area contributed by atoms with Crippen LogP contribution < -0.4 is 9.47 Å². The van der Waals surface area contributed by atoms with E-state index in [1.54, 1.807) is 18.2 Å². The fourth-order valence-corrected chi connectivity index (χ4v) is 5.82. The summed E-state index contributed by atoms with van der Waals surface area (Å²) in [6.45, 7) is 8.24. The first kappa shape index (κ1) is 28.9. The molecule has 0 fully saturated rings. The summed E-state index contributed by atoms with van der Waals surface area (Å²) < 4.78 is 14.6. The van der Waals surface area contributed by atoms with E-state index in [1.165, 1.54) is 17.3 Å². The molecule has 11 heteroatoms. The Morgan fingerprint density at radius 1 is 1.05 bits per heavy atom. The van der Waals surface area contributed by atoms with E-state index in [0.29, 0.717) is 50.8 Å². The molecule has 0 N–H and O–H groups in total. The number of thioether (sulfide) groups is 1. The van der Waals surface area contributed by atoms with Crippen molar-refractivity contribution in [1.82, 2.24) is 14.8 Å². The SMILES string of the molecule is CCOc1cc([C@H](C[N+](=O)[O-])Sc2nnc(C)n2-c2ccc(C)c(C)c2)cc(Br)c1OCc1ccc(Cl)cc1. The van der Waals surface area contributed by atoms with Crippen LogP contribution in [0.15, 0.2) is 64.2 Å². The van der Waals surface area contributed by atoms with Crippen LogP contribution in [0.5, 0.6) is 11.5 Å². The highest BCUT2D eigenvalue weighted by Crippen LogP contribution is 2.43. The number of hydrogen-bond donors (Lipinski definition) is 0. The molecule has 4 aromatic rings. The van der Waals surface area contributed by atoms with Crippen molar-refractivity contribution in [3.8, 4) is 17.2 Å². The van der Waals surface area contributed by atoms with E-state index in [2.05, 4.69) is 39.1 Å². The van der Waals surface area contributed by atoms with Gasteiger partial charge in [-0.05, 0) is 102 Å². The van der Waals surface area contributed by atoms with Crippen LogP contribution in [0, 0.1) is 30.9 Å². The molecule has 0 radical (unpaired) electrons. The van der Waals surface area contributed by atoms with Crippen molar-refractivity contribution < 1.29 is 14.4 Å². The van der Waals surface area contributed by atoms with Crippen LogP contribution in [0.1, 0.15) is 40.3 Å². The molecule has 8 nitrogen and oxygen atoms in total. The van der Waals surface area contributed by atoms with Gasteiger partial charge in [-0.3, -0.25) is 14.7 Å². The third kappa shape index (κ3) is 7.12. The first-order chi connectivity index (χ1) is 18.7. The zero-order chi connectivity index (χ0) is 28.1. The maximum atomic E-state index is 11.7. The molecule has 1 aromatic heterocycles. The summed E-state index contributed by atoms with van der Waals surface area (Å²) in [5.41, 5.74) is 4.87. The maximum absolute atomic E-state index is 11.7. The summed E-state index contributed by atoms with van der Waals surface area (Å²) in [6.07, 6.45) is 0. The number of ether oxygens (including phenoxy) is 2. The molecule has 0 aliphatic carbocycles. The fourth-order valence-electron chi connectivity index (χ4n) is 3.97. The van der Waals surface area contributed by atoms with Gasteiger partial charge in [0.2, 0.25) is 6.54 Å². The second-order valence-corrected chi connectivity index (χ2v) is 11.4. The highest BCUT2D eigenvalue weighted by atomic mass is 79.9. The van der Waals surface area contributed by atoms with Crippen LogP contribution in [0.25, 0.3) is 5.69 Å². The molecule has 0 amide bonds. The summed E-state index contributed by atoms with van der Waals surface area (Å²) in [4.78, 5) is 11.4. The van der Waals surface area contributed by atoms with E-state index in [1.807, 2.05) is 55.7 Å². The normalized spacial score (nSPS) is 11.8. The number of aryl methyl sites for hydroxylation is 3. The number of rotatable bonds is 11. The number of nitro groups is 1. The Bertz CT molecular complexity index is 1480. The lowest BCUT2D eigenvalue weighted by Gasteiger charge is -2.19. The Labute approximate surface area is 245 Å². The van der Waals surface area contributed by atoms with Crippen LogP contribution >= 0.6 is 39.3 Å². The van der Waals surface area contributed by atoms with Crippen molar-refractivity contribution >= 4 is 39.3 Å². The summed E-state index contributed by atoms with van der Waals surface area (Å²) in [6, 6.07) is 17.1. The lowest BCUT2D eigenvalue weighted by atomic mass is 10.1. The molecule has 0 unspecified atom stereocenters. The van der Waals surface area contributed by atoms with Gasteiger partial charge >= 0.3 is 0 Å². The summed E-state index contributed by atoms with van der Waals surface area (Å²) in [5.74, 6) is 1.72. The van der Waals surface area contributed by atoms with E-state index < -0.39 is 5.25 Å². The van der Waals surface area contributed by atoms with Gasteiger partial charge in [0.1, 0.15) is 17.7 Å². The zero-order valence-corrected chi connectivity index (χ0v) is 25.1. The fraction of sp³-hybridized carbons (Fsp3) is 0.286. The molecule has 1 atom stereocenters. The largest absolute Gasteiger partial charge is 0.490 e. The molecule has 0 saturated heterocycles.